The normalized spacial score (nSPS) is 11.1. The molecule has 0 atom stereocenters. The molecule has 2 aromatic carbocycles. The number of imidazole rings is 1. The molecule has 0 aliphatic rings. The van der Waals surface area contributed by atoms with Gasteiger partial charge in [0.25, 0.3) is 0 Å². The average molecular weight is 309 g/mol. The Morgan fingerprint density at radius 1 is 1.11 bits per heavy atom. The van der Waals surface area contributed by atoms with Crippen LogP contribution in [0, 0.1) is 4.77 Å². The molecule has 0 aliphatic heterocycles. The maximum Gasteiger partial charge on any atom is 0.178 e. The molecule has 0 amide bonds. The Bertz CT molecular complexity index is 805. The summed E-state index contributed by atoms with van der Waals surface area (Å²) in [5.74, 6) is 0. The summed E-state index contributed by atoms with van der Waals surface area (Å²) in [6.45, 7) is 0.666. The van der Waals surface area contributed by atoms with Crippen LogP contribution < -0.4 is 0 Å². The third kappa shape index (κ3) is 2.41. The molecular formula is C14H10Cl2N2S. The van der Waals surface area contributed by atoms with Crippen LogP contribution in [0.1, 0.15) is 5.56 Å². The fraction of sp³-hybridized carbons (Fsp3) is 0.0714. The summed E-state index contributed by atoms with van der Waals surface area (Å²) in [5.41, 5.74) is 2.97. The molecule has 1 N–H and O–H groups in total. The van der Waals surface area contributed by atoms with Crippen molar-refractivity contribution >= 4 is 46.5 Å². The zero-order valence-electron chi connectivity index (χ0n) is 9.86. The van der Waals surface area contributed by atoms with Crippen LogP contribution in [-0.4, -0.2) is 9.55 Å². The van der Waals surface area contributed by atoms with Crippen molar-refractivity contribution in [1.29, 1.82) is 0 Å². The summed E-state index contributed by atoms with van der Waals surface area (Å²) >= 11 is 17.5. The number of nitrogens with zero attached hydrogens (tertiary/aromatic N) is 1. The summed E-state index contributed by atoms with van der Waals surface area (Å²) in [5, 5.41) is 1.40. The van der Waals surface area contributed by atoms with Crippen molar-refractivity contribution < 1.29 is 0 Å². The molecule has 0 unspecified atom stereocenters. The second-order valence-electron chi connectivity index (χ2n) is 4.28. The lowest BCUT2D eigenvalue weighted by Crippen LogP contribution is -1.99. The number of rotatable bonds is 2. The van der Waals surface area contributed by atoms with Crippen molar-refractivity contribution in [3.63, 3.8) is 0 Å². The van der Waals surface area contributed by atoms with Crippen molar-refractivity contribution in [3.05, 3.63) is 62.8 Å². The van der Waals surface area contributed by atoms with E-state index in [1.54, 1.807) is 0 Å². The van der Waals surface area contributed by atoms with Gasteiger partial charge in [0, 0.05) is 5.02 Å². The van der Waals surface area contributed by atoms with E-state index in [0.29, 0.717) is 16.3 Å². The SMILES string of the molecule is S=c1[nH]c2c(Cl)cccc2n1Cc1cccc(Cl)c1. The molecule has 1 aromatic heterocycles. The van der Waals surface area contributed by atoms with Crippen molar-refractivity contribution in [1.82, 2.24) is 9.55 Å². The Morgan fingerprint density at radius 3 is 2.68 bits per heavy atom. The fourth-order valence-corrected chi connectivity index (χ4v) is 2.81. The number of aromatic amines is 1. The summed E-state index contributed by atoms with van der Waals surface area (Å²) < 4.78 is 2.67. The van der Waals surface area contributed by atoms with Gasteiger partial charge in [0.15, 0.2) is 4.77 Å². The Labute approximate surface area is 125 Å². The van der Waals surface area contributed by atoms with E-state index in [9.17, 15) is 0 Å². The number of benzene rings is 2. The molecule has 0 bridgehead atoms. The lowest BCUT2D eigenvalue weighted by Gasteiger charge is -2.05. The number of nitrogens with one attached hydrogen (secondary N) is 1. The van der Waals surface area contributed by atoms with Gasteiger partial charge >= 0.3 is 0 Å². The van der Waals surface area contributed by atoms with E-state index >= 15 is 0 Å². The first-order valence-corrected chi connectivity index (χ1v) is 6.93. The number of hydrogen-bond donors (Lipinski definition) is 1. The van der Waals surface area contributed by atoms with Gasteiger partial charge in [-0.1, -0.05) is 41.4 Å². The third-order valence-electron chi connectivity index (χ3n) is 2.99. The minimum absolute atomic E-state index is 0.656. The lowest BCUT2D eigenvalue weighted by molar-refractivity contribution is 0.810. The predicted octanol–water partition coefficient (Wildman–Crippen LogP) is 5.05. The molecule has 0 spiro atoms. The van der Waals surface area contributed by atoms with E-state index in [1.165, 1.54) is 0 Å². The van der Waals surface area contributed by atoms with Crippen molar-refractivity contribution in [3.8, 4) is 0 Å². The highest BCUT2D eigenvalue weighted by atomic mass is 35.5. The van der Waals surface area contributed by atoms with E-state index in [-0.39, 0.29) is 0 Å². The van der Waals surface area contributed by atoms with Crippen LogP contribution in [0.4, 0.5) is 0 Å². The first-order chi connectivity index (χ1) is 9.15. The molecule has 0 aliphatic carbocycles. The fourth-order valence-electron chi connectivity index (χ4n) is 2.12. The number of fused-ring (bicyclic) bond motifs is 1. The smallest absolute Gasteiger partial charge is 0.178 e. The van der Waals surface area contributed by atoms with E-state index in [0.717, 1.165) is 21.6 Å². The maximum atomic E-state index is 6.16. The largest absolute Gasteiger partial charge is 0.329 e. The molecule has 0 radical (unpaired) electrons. The molecule has 3 rings (SSSR count). The highest BCUT2D eigenvalue weighted by Crippen LogP contribution is 2.23. The van der Waals surface area contributed by atoms with Crippen molar-refractivity contribution in [2.45, 2.75) is 6.54 Å². The number of hydrogen-bond acceptors (Lipinski definition) is 1. The van der Waals surface area contributed by atoms with Gasteiger partial charge in [-0.15, -0.1) is 0 Å². The number of H-pyrrole nitrogens is 1. The first-order valence-electron chi connectivity index (χ1n) is 5.76. The van der Waals surface area contributed by atoms with Crippen LogP contribution in [0.15, 0.2) is 42.5 Å². The van der Waals surface area contributed by atoms with Crippen LogP contribution >= 0.6 is 35.4 Å². The average Bonchev–Trinajstić information content (AvgIpc) is 2.69. The molecule has 0 saturated carbocycles. The van der Waals surface area contributed by atoms with Gasteiger partial charge < -0.3 is 9.55 Å². The minimum Gasteiger partial charge on any atom is -0.329 e. The molecular weight excluding hydrogens is 299 g/mol. The first kappa shape index (κ1) is 12.7. The molecule has 2 nitrogen and oxygen atoms in total. The highest BCUT2D eigenvalue weighted by Gasteiger charge is 2.07. The van der Waals surface area contributed by atoms with Crippen LogP contribution in [0.5, 0.6) is 0 Å². The zero-order valence-corrected chi connectivity index (χ0v) is 12.2. The Balaban J connectivity index is 2.13. The summed E-state index contributed by atoms with van der Waals surface area (Å²) in [7, 11) is 0. The van der Waals surface area contributed by atoms with E-state index in [4.69, 9.17) is 35.4 Å². The second-order valence-corrected chi connectivity index (χ2v) is 5.51. The van der Waals surface area contributed by atoms with Gasteiger partial charge in [-0.25, -0.2) is 0 Å². The van der Waals surface area contributed by atoms with Crippen LogP contribution in [0.25, 0.3) is 11.0 Å². The van der Waals surface area contributed by atoms with E-state index in [1.807, 2.05) is 47.0 Å². The van der Waals surface area contributed by atoms with Crippen molar-refractivity contribution in [2.24, 2.45) is 0 Å². The minimum atomic E-state index is 0.656. The molecule has 5 heteroatoms. The van der Waals surface area contributed by atoms with Crippen LogP contribution in [0.2, 0.25) is 10.0 Å². The highest BCUT2D eigenvalue weighted by molar-refractivity contribution is 7.71. The standard InChI is InChI=1S/C14H10Cl2N2S/c15-10-4-1-3-9(7-10)8-18-12-6-2-5-11(16)13(12)17-14(18)19/h1-7H,8H2,(H,17,19). The quantitative estimate of drug-likeness (QED) is 0.657. The monoisotopic (exact) mass is 308 g/mol. The van der Waals surface area contributed by atoms with E-state index in [2.05, 4.69) is 4.98 Å². The summed E-state index contributed by atoms with van der Waals surface area (Å²) in [6, 6.07) is 13.5. The molecule has 3 aromatic rings. The van der Waals surface area contributed by atoms with Gasteiger partial charge in [-0.3, -0.25) is 0 Å². The lowest BCUT2D eigenvalue weighted by atomic mass is 10.2. The molecule has 1 heterocycles. The van der Waals surface area contributed by atoms with Gasteiger partial charge in [0.1, 0.15) is 0 Å². The number of halogens is 2. The molecule has 19 heavy (non-hydrogen) atoms. The maximum absolute atomic E-state index is 6.16. The van der Waals surface area contributed by atoms with Crippen LogP contribution in [0.3, 0.4) is 0 Å². The topological polar surface area (TPSA) is 20.7 Å². The molecule has 0 saturated heterocycles. The van der Waals surface area contributed by atoms with Gasteiger partial charge in [-0.2, -0.15) is 0 Å². The Kier molecular flexibility index (Phi) is 3.35. The predicted molar refractivity (Wildman–Crippen MR) is 82.7 cm³/mol. The summed E-state index contributed by atoms with van der Waals surface area (Å²) in [6.07, 6.45) is 0. The van der Waals surface area contributed by atoms with Gasteiger partial charge in [-0.05, 0) is 42.0 Å². The Hall–Kier alpha value is -1.29. The number of aromatic nitrogens is 2. The molecule has 96 valence electrons. The van der Waals surface area contributed by atoms with Gasteiger partial charge in [0.2, 0.25) is 0 Å². The van der Waals surface area contributed by atoms with Crippen LogP contribution in [-0.2, 0) is 6.54 Å². The third-order valence-corrected chi connectivity index (χ3v) is 3.86. The van der Waals surface area contributed by atoms with E-state index < -0.39 is 0 Å². The zero-order chi connectivity index (χ0) is 13.4. The van der Waals surface area contributed by atoms with Crippen molar-refractivity contribution in [2.75, 3.05) is 0 Å². The van der Waals surface area contributed by atoms with Gasteiger partial charge in [0.05, 0.1) is 22.6 Å². The Morgan fingerprint density at radius 2 is 1.89 bits per heavy atom. The molecule has 0 fully saturated rings. The summed E-state index contributed by atoms with van der Waals surface area (Å²) in [4.78, 5) is 3.14. The second kappa shape index (κ2) is 5.00. The number of para-hydroxylation sites is 1.